The van der Waals surface area contributed by atoms with Crippen LogP contribution in [0.3, 0.4) is 0 Å². The van der Waals surface area contributed by atoms with E-state index in [0.29, 0.717) is 24.2 Å². The molecule has 0 amide bonds. The van der Waals surface area contributed by atoms with Gasteiger partial charge in [0.2, 0.25) is 0 Å². The molecule has 2 aromatic rings. The first-order valence-corrected chi connectivity index (χ1v) is 11.8. The summed E-state index contributed by atoms with van der Waals surface area (Å²) >= 11 is 0. The maximum absolute atomic E-state index is 14.3. The zero-order valence-corrected chi connectivity index (χ0v) is 18.9. The fourth-order valence-electron chi connectivity index (χ4n) is 5.61. The van der Waals surface area contributed by atoms with Crippen molar-refractivity contribution in [3.05, 3.63) is 41.8 Å². The van der Waals surface area contributed by atoms with Crippen LogP contribution in [0.2, 0.25) is 0 Å². The third-order valence-electron chi connectivity index (χ3n) is 7.58. The standard InChI is InChI=1S/C24H28F3N3O4/c25-19-7-18(21(8-20(19)26)33-15-23(27)13-31-14-23)16-1-4-29(5-2-16)17-9-24(34-10-17)11-30(12-24)22-28-3-6-32-22/h3,6-8,16-17H,1-2,4-5,9-15H2. The zero-order valence-electron chi connectivity index (χ0n) is 18.9. The van der Waals surface area contributed by atoms with Crippen molar-refractivity contribution in [2.24, 2.45) is 0 Å². The fourth-order valence-corrected chi connectivity index (χ4v) is 5.61. The number of piperidine rings is 1. The molecule has 7 nitrogen and oxygen atoms in total. The summed E-state index contributed by atoms with van der Waals surface area (Å²) in [5, 5.41) is 0. The second-order valence-electron chi connectivity index (χ2n) is 10.1. The summed E-state index contributed by atoms with van der Waals surface area (Å²) in [6.45, 7) is 3.60. The highest BCUT2D eigenvalue weighted by atomic mass is 19.2. The van der Waals surface area contributed by atoms with Crippen LogP contribution in [0, 0.1) is 11.6 Å². The van der Waals surface area contributed by atoms with Crippen molar-refractivity contribution in [1.29, 1.82) is 0 Å². The van der Waals surface area contributed by atoms with Gasteiger partial charge < -0.3 is 23.5 Å². The number of oxazole rings is 1. The lowest BCUT2D eigenvalue weighted by atomic mass is 9.86. The molecule has 6 rings (SSSR count). The van der Waals surface area contributed by atoms with E-state index in [9.17, 15) is 13.2 Å². The van der Waals surface area contributed by atoms with Crippen LogP contribution in [0.15, 0.2) is 29.0 Å². The molecule has 4 aliphatic heterocycles. The summed E-state index contributed by atoms with van der Waals surface area (Å²) in [7, 11) is 0. The molecule has 4 fully saturated rings. The molecule has 5 heterocycles. The number of halogens is 3. The van der Waals surface area contributed by atoms with E-state index in [1.807, 2.05) is 0 Å². The minimum absolute atomic E-state index is 0.0232. The van der Waals surface area contributed by atoms with Gasteiger partial charge in [-0.05, 0) is 44.3 Å². The number of benzene rings is 1. The normalized spacial score (nSPS) is 26.4. The van der Waals surface area contributed by atoms with E-state index in [2.05, 4.69) is 14.8 Å². The molecule has 1 aromatic carbocycles. The molecular formula is C24H28F3N3O4. The first kappa shape index (κ1) is 22.2. The Bertz CT molecular complexity index is 1020. The highest BCUT2D eigenvalue weighted by Crippen LogP contribution is 2.41. The molecule has 1 atom stereocenters. The molecule has 34 heavy (non-hydrogen) atoms. The Morgan fingerprint density at radius 3 is 2.56 bits per heavy atom. The minimum atomic E-state index is -1.56. The van der Waals surface area contributed by atoms with Gasteiger partial charge in [0.25, 0.3) is 6.01 Å². The molecule has 0 bridgehead atoms. The van der Waals surface area contributed by atoms with E-state index in [0.717, 1.165) is 51.5 Å². The van der Waals surface area contributed by atoms with E-state index in [4.69, 9.17) is 18.6 Å². The molecule has 0 N–H and O–H groups in total. The van der Waals surface area contributed by atoms with E-state index in [-0.39, 0.29) is 37.1 Å². The highest BCUT2D eigenvalue weighted by Gasteiger charge is 2.52. The first-order valence-electron chi connectivity index (χ1n) is 11.8. The average molecular weight is 479 g/mol. The van der Waals surface area contributed by atoms with E-state index in [1.165, 1.54) is 6.07 Å². The summed E-state index contributed by atoms with van der Waals surface area (Å²) in [5.74, 6) is -1.64. The number of alkyl halides is 1. The summed E-state index contributed by atoms with van der Waals surface area (Å²) in [6, 6.07) is 3.22. The topological polar surface area (TPSA) is 60.2 Å². The maximum Gasteiger partial charge on any atom is 0.297 e. The molecular weight excluding hydrogens is 451 g/mol. The third kappa shape index (κ3) is 4.05. The Kier molecular flexibility index (Phi) is 5.50. The van der Waals surface area contributed by atoms with Crippen LogP contribution in [0.25, 0.3) is 0 Å². The lowest BCUT2D eigenvalue weighted by molar-refractivity contribution is -0.146. The van der Waals surface area contributed by atoms with Crippen molar-refractivity contribution < 1.29 is 31.8 Å². The summed E-state index contributed by atoms with van der Waals surface area (Å²) < 4.78 is 64.5. The first-order chi connectivity index (χ1) is 16.4. The maximum atomic E-state index is 14.3. The van der Waals surface area contributed by atoms with Gasteiger partial charge in [-0.25, -0.2) is 18.2 Å². The van der Waals surface area contributed by atoms with Crippen LogP contribution in [0.1, 0.15) is 30.7 Å². The van der Waals surface area contributed by atoms with Crippen LogP contribution >= 0.6 is 0 Å². The van der Waals surface area contributed by atoms with Crippen LogP contribution in [-0.4, -0.2) is 79.8 Å². The Morgan fingerprint density at radius 2 is 1.88 bits per heavy atom. The SMILES string of the molecule is Fc1cc(OCC2(F)COC2)c(C2CCN(C3COC4(C3)CN(c3ncco3)C4)CC2)cc1F. The van der Waals surface area contributed by atoms with Crippen molar-refractivity contribution in [1.82, 2.24) is 9.88 Å². The van der Waals surface area contributed by atoms with Gasteiger partial charge in [0.1, 0.15) is 24.2 Å². The molecule has 1 unspecified atom stereocenters. The van der Waals surface area contributed by atoms with E-state index in [1.54, 1.807) is 12.5 Å². The van der Waals surface area contributed by atoms with Gasteiger partial charge in [-0.2, -0.15) is 0 Å². The summed E-state index contributed by atoms with van der Waals surface area (Å²) in [6.07, 6.45) is 5.75. The van der Waals surface area contributed by atoms with Crippen LogP contribution in [0.5, 0.6) is 5.75 Å². The number of hydrogen-bond acceptors (Lipinski definition) is 7. The largest absolute Gasteiger partial charge is 0.490 e. The Labute approximate surface area is 195 Å². The lowest BCUT2D eigenvalue weighted by Gasteiger charge is -2.46. The van der Waals surface area contributed by atoms with Crippen LogP contribution < -0.4 is 9.64 Å². The number of rotatable bonds is 6. The number of hydrogen-bond donors (Lipinski definition) is 0. The highest BCUT2D eigenvalue weighted by molar-refractivity contribution is 5.38. The molecule has 4 saturated heterocycles. The van der Waals surface area contributed by atoms with Gasteiger partial charge in [-0.3, -0.25) is 4.90 Å². The van der Waals surface area contributed by atoms with Gasteiger partial charge in [0.05, 0.1) is 39.1 Å². The van der Waals surface area contributed by atoms with Crippen molar-refractivity contribution in [2.45, 2.75) is 42.5 Å². The minimum Gasteiger partial charge on any atom is -0.490 e. The van der Waals surface area contributed by atoms with Gasteiger partial charge in [-0.15, -0.1) is 0 Å². The fraction of sp³-hybridized carbons (Fsp3) is 0.625. The van der Waals surface area contributed by atoms with Crippen molar-refractivity contribution in [3.8, 4) is 5.75 Å². The number of anilines is 1. The molecule has 0 aliphatic carbocycles. The average Bonchev–Trinajstić information content (AvgIpc) is 3.48. The Hall–Kier alpha value is -2.30. The predicted octanol–water partition coefficient (Wildman–Crippen LogP) is 3.30. The van der Waals surface area contributed by atoms with Crippen LogP contribution in [0.4, 0.5) is 19.2 Å². The smallest absolute Gasteiger partial charge is 0.297 e. The number of ether oxygens (including phenoxy) is 3. The zero-order chi connectivity index (χ0) is 23.3. The number of likely N-dealkylation sites (tertiary alicyclic amines) is 1. The predicted molar refractivity (Wildman–Crippen MR) is 116 cm³/mol. The van der Waals surface area contributed by atoms with E-state index < -0.39 is 17.3 Å². The monoisotopic (exact) mass is 479 g/mol. The van der Waals surface area contributed by atoms with Crippen molar-refractivity contribution in [2.75, 3.05) is 57.5 Å². The molecule has 1 spiro atoms. The van der Waals surface area contributed by atoms with Gasteiger partial charge in [-0.1, -0.05) is 0 Å². The van der Waals surface area contributed by atoms with Crippen molar-refractivity contribution in [3.63, 3.8) is 0 Å². The number of nitrogens with zero attached hydrogens (tertiary/aromatic N) is 3. The second-order valence-corrected chi connectivity index (χ2v) is 10.1. The number of aromatic nitrogens is 1. The molecule has 0 radical (unpaired) electrons. The molecule has 10 heteroatoms. The summed E-state index contributed by atoms with van der Waals surface area (Å²) in [5.41, 5.74) is -1.10. The van der Waals surface area contributed by atoms with Gasteiger partial charge in [0, 0.05) is 17.7 Å². The van der Waals surface area contributed by atoms with Gasteiger partial charge >= 0.3 is 0 Å². The Balaban J connectivity index is 1.06. The second kappa shape index (κ2) is 8.42. The molecule has 4 aliphatic rings. The van der Waals surface area contributed by atoms with Gasteiger partial charge in [0.15, 0.2) is 17.3 Å². The lowest BCUT2D eigenvalue weighted by Crippen LogP contribution is -2.62. The Morgan fingerprint density at radius 1 is 1.12 bits per heavy atom. The van der Waals surface area contributed by atoms with E-state index >= 15 is 0 Å². The third-order valence-corrected chi connectivity index (χ3v) is 7.58. The molecule has 0 saturated carbocycles. The quantitative estimate of drug-likeness (QED) is 0.630. The molecule has 1 aromatic heterocycles. The molecule has 184 valence electrons. The van der Waals surface area contributed by atoms with Crippen LogP contribution in [-0.2, 0) is 9.47 Å². The van der Waals surface area contributed by atoms with Crippen molar-refractivity contribution >= 4 is 6.01 Å². The summed E-state index contributed by atoms with van der Waals surface area (Å²) in [4.78, 5) is 8.71.